The van der Waals surface area contributed by atoms with E-state index in [1.54, 1.807) is 0 Å². The van der Waals surface area contributed by atoms with E-state index in [1.165, 1.54) is 44.8 Å². The van der Waals surface area contributed by atoms with Crippen molar-refractivity contribution < 1.29 is 9.53 Å². The zero-order valence-corrected chi connectivity index (χ0v) is 15.1. The smallest absolute Gasteiger partial charge is 0.323 e. The first-order chi connectivity index (χ1) is 11.0. The van der Waals surface area contributed by atoms with Crippen LogP contribution >= 0.6 is 11.6 Å². The second kappa shape index (κ2) is 8.70. The monoisotopic (exact) mass is 337 g/mol. The maximum atomic E-state index is 12.2. The molecule has 0 aliphatic heterocycles. The predicted octanol–water partition coefficient (Wildman–Crippen LogP) is 4.75. The summed E-state index contributed by atoms with van der Waals surface area (Å²) in [6.45, 7) is 4.10. The average Bonchev–Trinajstić information content (AvgIpc) is 2.57. The Hall–Kier alpha value is -1.06. The lowest BCUT2D eigenvalue weighted by atomic mass is 9.80. The summed E-state index contributed by atoms with van der Waals surface area (Å²) in [5.74, 6) is 0.548. The Morgan fingerprint density at radius 3 is 2.30 bits per heavy atom. The van der Waals surface area contributed by atoms with Crippen molar-refractivity contribution in [2.75, 3.05) is 7.11 Å². The van der Waals surface area contributed by atoms with Crippen molar-refractivity contribution in [1.29, 1.82) is 0 Å². The van der Waals surface area contributed by atoms with Gasteiger partial charge in [-0.05, 0) is 42.4 Å². The Kier molecular flexibility index (Phi) is 6.91. The average molecular weight is 338 g/mol. The molecule has 0 bridgehead atoms. The summed E-state index contributed by atoms with van der Waals surface area (Å²) in [6, 6.07) is 7.88. The van der Waals surface area contributed by atoms with Gasteiger partial charge >= 0.3 is 5.97 Å². The Bertz CT molecular complexity index is 495. The fraction of sp³-hybridized carbons (Fsp3) is 0.632. The molecule has 0 saturated heterocycles. The van der Waals surface area contributed by atoms with Crippen molar-refractivity contribution in [2.24, 2.45) is 11.8 Å². The van der Waals surface area contributed by atoms with Crippen molar-refractivity contribution in [3.63, 3.8) is 0 Å². The minimum absolute atomic E-state index is 0.166. The molecule has 128 valence electrons. The number of esters is 1. The van der Waals surface area contributed by atoms with Gasteiger partial charge in [-0.1, -0.05) is 56.8 Å². The van der Waals surface area contributed by atoms with Crippen LogP contribution in [-0.2, 0) is 9.53 Å². The van der Waals surface area contributed by atoms with E-state index in [-0.39, 0.29) is 24.0 Å². The fourth-order valence-electron chi connectivity index (χ4n) is 3.50. The second-order valence-corrected chi connectivity index (χ2v) is 7.28. The first-order valence-electron chi connectivity index (χ1n) is 8.62. The number of carbonyl (C=O) groups is 1. The van der Waals surface area contributed by atoms with E-state index in [0.29, 0.717) is 5.92 Å². The van der Waals surface area contributed by atoms with Gasteiger partial charge in [0.05, 0.1) is 7.11 Å². The molecule has 1 aromatic rings. The van der Waals surface area contributed by atoms with Gasteiger partial charge in [0.2, 0.25) is 0 Å². The largest absolute Gasteiger partial charge is 0.468 e. The molecule has 1 aromatic carbocycles. The van der Waals surface area contributed by atoms with Gasteiger partial charge in [0.25, 0.3) is 0 Å². The van der Waals surface area contributed by atoms with E-state index in [9.17, 15) is 4.79 Å². The SMILES string of the molecule is COC(=O)[C@@H](NC(c1ccc(Cl)cc1)C1CCCCC1)C(C)C. The summed E-state index contributed by atoms with van der Waals surface area (Å²) in [6.07, 6.45) is 6.25. The van der Waals surface area contributed by atoms with Crippen LogP contribution in [-0.4, -0.2) is 19.1 Å². The third-order valence-corrected chi connectivity index (χ3v) is 5.08. The van der Waals surface area contributed by atoms with Crippen LogP contribution in [0.25, 0.3) is 0 Å². The van der Waals surface area contributed by atoms with Gasteiger partial charge in [-0.25, -0.2) is 0 Å². The molecule has 1 N–H and O–H groups in total. The lowest BCUT2D eigenvalue weighted by Gasteiger charge is -2.35. The molecule has 2 atom stereocenters. The topological polar surface area (TPSA) is 38.3 Å². The summed E-state index contributed by atoms with van der Waals surface area (Å²) in [5.41, 5.74) is 1.20. The molecule has 1 unspecified atom stereocenters. The van der Waals surface area contributed by atoms with Crippen molar-refractivity contribution >= 4 is 17.6 Å². The molecule has 1 saturated carbocycles. The molecule has 2 rings (SSSR count). The van der Waals surface area contributed by atoms with Gasteiger partial charge in [-0.2, -0.15) is 0 Å². The van der Waals surface area contributed by atoms with E-state index < -0.39 is 0 Å². The quantitative estimate of drug-likeness (QED) is 0.761. The molecular formula is C19H28ClNO2. The first-order valence-corrected chi connectivity index (χ1v) is 9.00. The molecule has 3 nitrogen and oxygen atoms in total. The Morgan fingerprint density at radius 2 is 1.78 bits per heavy atom. The van der Waals surface area contributed by atoms with E-state index in [2.05, 4.69) is 17.4 Å². The number of hydrogen-bond donors (Lipinski definition) is 1. The molecule has 0 heterocycles. The maximum absolute atomic E-state index is 12.2. The Labute approximate surface area is 144 Å². The second-order valence-electron chi connectivity index (χ2n) is 6.84. The van der Waals surface area contributed by atoms with Crippen LogP contribution in [0.4, 0.5) is 0 Å². The third-order valence-electron chi connectivity index (χ3n) is 4.83. The number of benzene rings is 1. The Balaban J connectivity index is 2.24. The molecule has 0 radical (unpaired) electrons. The van der Waals surface area contributed by atoms with Crippen LogP contribution in [0.15, 0.2) is 24.3 Å². The van der Waals surface area contributed by atoms with Gasteiger partial charge in [0.15, 0.2) is 0 Å². The number of rotatable bonds is 6. The highest BCUT2D eigenvalue weighted by atomic mass is 35.5. The molecule has 1 aliphatic carbocycles. The summed E-state index contributed by atoms with van der Waals surface area (Å²) in [4.78, 5) is 12.2. The molecule has 0 aromatic heterocycles. The summed E-state index contributed by atoms with van der Waals surface area (Å²) >= 11 is 6.04. The van der Waals surface area contributed by atoms with E-state index in [4.69, 9.17) is 16.3 Å². The number of ether oxygens (including phenoxy) is 1. The summed E-state index contributed by atoms with van der Waals surface area (Å²) < 4.78 is 4.99. The van der Waals surface area contributed by atoms with Gasteiger partial charge in [0.1, 0.15) is 6.04 Å². The van der Waals surface area contributed by atoms with Crippen LogP contribution in [0.2, 0.25) is 5.02 Å². The zero-order valence-electron chi connectivity index (χ0n) is 14.3. The van der Waals surface area contributed by atoms with E-state index >= 15 is 0 Å². The number of halogens is 1. The molecule has 0 spiro atoms. The van der Waals surface area contributed by atoms with Gasteiger partial charge in [-0.15, -0.1) is 0 Å². The summed E-state index contributed by atoms with van der Waals surface area (Å²) in [5, 5.41) is 4.33. The lowest BCUT2D eigenvalue weighted by Crippen LogP contribution is -2.45. The maximum Gasteiger partial charge on any atom is 0.323 e. The van der Waals surface area contributed by atoms with Gasteiger partial charge < -0.3 is 4.74 Å². The fourth-order valence-corrected chi connectivity index (χ4v) is 3.62. The standard InChI is InChI=1S/C19H28ClNO2/c1-13(2)17(19(22)23-3)21-18(14-7-5-4-6-8-14)15-9-11-16(20)12-10-15/h9-14,17-18,21H,4-8H2,1-3H3/t17-,18?/m0/s1. The molecule has 0 amide bonds. The number of hydrogen-bond acceptors (Lipinski definition) is 3. The third kappa shape index (κ3) is 4.95. The predicted molar refractivity (Wildman–Crippen MR) is 94.5 cm³/mol. The van der Waals surface area contributed by atoms with Gasteiger partial charge in [0, 0.05) is 11.1 Å². The van der Waals surface area contributed by atoms with Crippen LogP contribution in [0.3, 0.4) is 0 Å². The highest BCUT2D eigenvalue weighted by Crippen LogP contribution is 2.35. The number of methoxy groups -OCH3 is 1. The minimum Gasteiger partial charge on any atom is -0.468 e. The van der Waals surface area contributed by atoms with Crippen LogP contribution in [0.5, 0.6) is 0 Å². The van der Waals surface area contributed by atoms with Crippen molar-refractivity contribution in [3.8, 4) is 0 Å². The normalized spacial score (nSPS) is 18.7. The van der Waals surface area contributed by atoms with E-state index in [1.807, 2.05) is 26.0 Å². The lowest BCUT2D eigenvalue weighted by molar-refractivity contribution is -0.144. The van der Waals surface area contributed by atoms with Crippen molar-refractivity contribution in [2.45, 2.75) is 58.0 Å². The van der Waals surface area contributed by atoms with Crippen molar-refractivity contribution in [1.82, 2.24) is 5.32 Å². The molecule has 1 fully saturated rings. The van der Waals surface area contributed by atoms with Gasteiger partial charge in [-0.3, -0.25) is 10.1 Å². The van der Waals surface area contributed by atoms with Crippen molar-refractivity contribution in [3.05, 3.63) is 34.9 Å². The number of carbonyl (C=O) groups excluding carboxylic acids is 1. The molecule has 23 heavy (non-hydrogen) atoms. The highest BCUT2D eigenvalue weighted by molar-refractivity contribution is 6.30. The van der Waals surface area contributed by atoms with Crippen LogP contribution < -0.4 is 5.32 Å². The molecule has 1 aliphatic rings. The zero-order chi connectivity index (χ0) is 16.8. The number of nitrogens with one attached hydrogen (secondary N) is 1. The molecule has 4 heteroatoms. The molecular weight excluding hydrogens is 310 g/mol. The van der Waals surface area contributed by atoms with E-state index in [0.717, 1.165) is 5.02 Å². The van der Waals surface area contributed by atoms with Crippen LogP contribution in [0.1, 0.15) is 57.6 Å². The minimum atomic E-state index is -0.289. The summed E-state index contributed by atoms with van der Waals surface area (Å²) in [7, 11) is 1.46. The highest BCUT2D eigenvalue weighted by Gasteiger charge is 2.31. The Morgan fingerprint density at radius 1 is 1.17 bits per heavy atom. The van der Waals surface area contributed by atoms with Crippen LogP contribution in [0, 0.1) is 11.8 Å². The first kappa shape index (κ1) is 18.3.